The van der Waals surface area contributed by atoms with Crippen LogP contribution in [0.3, 0.4) is 0 Å². The predicted octanol–water partition coefficient (Wildman–Crippen LogP) is 5.29. The summed E-state index contributed by atoms with van der Waals surface area (Å²) >= 11 is 9.79. The average Bonchev–Trinajstić information content (AvgIpc) is 2.46. The largest absolute Gasteiger partial charge is 0.494 e. The molecule has 1 nitrogen and oxygen atoms in total. The highest BCUT2D eigenvalue weighted by molar-refractivity contribution is 9.09. The van der Waals surface area contributed by atoms with Gasteiger partial charge in [-0.2, -0.15) is 0 Å². The van der Waals surface area contributed by atoms with Crippen molar-refractivity contribution in [2.45, 2.75) is 12.3 Å². The molecule has 0 bridgehead atoms. The smallest absolute Gasteiger partial charge is 0.119 e. The van der Waals surface area contributed by atoms with E-state index in [0.717, 1.165) is 22.5 Å². The Morgan fingerprint density at radius 3 is 2.37 bits per heavy atom. The maximum atomic E-state index is 6.23. The summed E-state index contributed by atoms with van der Waals surface area (Å²) in [5.74, 6) is 1.28. The van der Waals surface area contributed by atoms with Crippen molar-refractivity contribution in [1.29, 1.82) is 0 Å². The first kappa shape index (κ1) is 14.4. The van der Waals surface area contributed by atoms with Gasteiger partial charge in [0.1, 0.15) is 5.75 Å². The highest BCUT2D eigenvalue weighted by Crippen LogP contribution is 2.28. The minimum Gasteiger partial charge on any atom is -0.494 e. The van der Waals surface area contributed by atoms with Gasteiger partial charge < -0.3 is 4.74 Å². The van der Waals surface area contributed by atoms with Gasteiger partial charge in [-0.05, 0) is 36.1 Å². The number of benzene rings is 2. The van der Waals surface area contributed by atoms with Crippen molar-refractivity contribution in [1.82, 2.24) is 0 Å². The second-order valence-corrected chi connectivity index (χ2v) is 5.38. The summed E-state index contributed by atoms with van der Waals surface area (Å²) in [6, 6.07) is 17.9. The normalized spacial score (nSPS) is 12.1. The Balaban J connectivity index is 1.92. The molecule has 0 amide bonds. The van der Waals surface area contributed by atoms with Gasteiger partial charge in [0.25, 0.3) is 0 Å². The molecule has 0 heterocycles. The average molecular weight is 340 g/mol. The van der Waals surface area contributed by atoms with E-state index >= 15 is 0 Å². The molecule has 0 N–H and O–H groups in total. The van der Waals surface area contributed by atoms with Gasteiger partial charge in [0.2, 0.25) is 0 Å². The van der Waals surface area contributed by atoms with Crippen LogP contribution in [-0.2, 0) is 0 Å². The lowest BCUT2D eigenvalue weighted by Gasteiger charge is -2.16. The third-order valence-electron chi connectivity index (χ3n) is 3.01. The van der Waals surface area contributed by atoms with E-state index in [0.29, 0.717) is 12.5 Å². The number of ether oxygens (including phenoxy) is 1. The van der Waals surface area contributed by atoms with E-state index in [4.69, 9.17) is 16.3 Å². The highest BCUT2D eigenvalue weighted by Gasteiger charge is 2.13. The van der Waals surface area contributed by atoms with Crippen molar-refractivity contribution in [3.05, 3.63) is 65.2 Å². The van der Waals surface area contributed by atoms with E-state index in [2.05, 4.69) is 22.0 Å². The molecule has 0 saturated heterocycles. The lowest BCUT2D eigenvalue weighted by Crippen LogP contribution is -2.07. The Hall–Kier alpha value is -0.990. The molecule has 0 aliphatic carbocycles. The molecule has 2 aromatic carbocycles. The van der Waals surface area contributed by atoms with Crippen molar-refractivity contribution in [3.63, 3.8) is 0 Å². The van der Waals surface area contributed by atoms with Gasteiger partial charge in [-0.15, -0.1) is 0 Å². The van der Waals surface area contributed by atoms with Crippen LogP contribution in [0, 0.1) is 0 Å². The minimum absolute atomic E-state index is 0.373. The van der Waals surface area contributed by atoms with E-state index < -0.39 is 0 Å². The van der Waals surface area contributed by atoms with E-state index in [9.17, 15) is 0 Å². The first-order valence-corrected chi connectivity index (χ1v) is 7.79. The summed E-state index contributed by atoms with van der Waals surface area (Å²) in [4.78, 5) is 0. The molecule has 2 rings (SSSR count). The Bertz CT molecular complexity index is 501. The van der Waals surface area contributed by atoms with Crippen LogP contribution in [0.5, 0.6) is 5.75 Å². The monoisotopic (exact) mass is 338 g/mol. The van der Waals surface area contributed by atoms with E-state index in [1.54, 1.807) is 0 Å². The summed E-state index contributed by atoms with van der Waals surface area (Å²) in [7, 11) is 0. The lowest BCUT2D eigenvalue weighted by molar-refractivity contribution is 0.302. The summed E-state index contributed by atoms with van der Waals surface area (Å²) in [5, 5.41) is 1.71. The second kappa shape index (κ2) is 7.56. The molecule has 0 spiro atoms. The van der Waals surface area contributed by atoms with Gasteiger partial charge in [0.05, 0.1) is 6.61 Å². The molecule has 0 saturated carbocycles. The van der Waals surface area contributed by atoms with Gasteiger partial charge in [-0.25, -0.2) is 0 Å². The van der Waals surface area contributed by atoms with Crippen LogP contribution in [0.4, 0.5) is 0 Å². The van der Waals surface area contributed by atoms with Gasteiger partial charge >= 0.3 is 0 Å². The number of halogens is 2. The Morgan fingerprint density at radius 2 is 1.68 bits per heavy atom. The summed E-state index contributed by atoms with van der Waals surface area (Å²) < 4.78 is 5.74. The van der Waals surface area contributed by atoms with Gasteiger partial charge in [-0.3, -0.25) is 0 Å². The van der Waals surface area contributed by atoms with Crippen molar-refractivity contribution in [3.8, 4) is 5.75 Å². The predicted molar refractivity (Wildman–Crippen MR) is 84.5 cm³/mol. The third kappa shape index (κ3) is 4.26. The molecule has 0 radical (unpaired) electrons. The number of rotatable bonds is 6. The fraction of sp³-hybridized carbons (Fsp3) is 0.250. The molecule has 1 unspecified atom stereocenters. The highest BCUT2D eigenvalue weighted by atomic mass is 79.9. The zero-order valence-electron chi connectivity index (χ0n) is 10.6. The Kier molecular flexibility index (Phi) is 5.74. The van der Waals surface area contributed by atoms with Crippen molar-refractivity contribution in [2.24, 2.45) is 0 Å². The zero-order chi connectivity index (χ0) is 13.5. The molecule has 3 heteroatoms. The van der Waals surface area contributed by atoms with Crippen molar-refractivity contribution in [2.75, 3.05) is 11.9 Å². The summed E-state index contributed by atoms with van der Waals surface area (Å²) in [5.41, 5.74) is 1.18. The fourth-order valence-electron chi connectivity index (χ4n) is 1.96. The lowest BCUT2D eigenvalue weighted by atomic mass is 9.98. The fourth-order valence-corrected chi connectivity index (χ4v) is 2.92. The van der Waals surface area contributed by atoms with Gasteiger partial charge in [0, 0.05) is 10.4 Å². The Morgan fingerprint density at radius 1 is 1.00 bits per heavy atom. The maximum Gasteiger partial charge on any atom is 0.119 e. The first-order chi connectivity index (χ1) is 9.31. The SMILES string of the molecule is Clc1ccccc1C(CBr)CCOc1ccccc1. The number of para-hydroxylation sites is 1. The van der Waals surface area contributed by atoms with E-state index in [1.807, 2.05) is 48.5 Å². The zero-order valence-corrected chi connectivity index (χ0v) is 12.9. The third-order valence-corrected chi connectivity index (χ3v) is 4.14. The van der Waals surface area contributed by atoms with Crippen LogP contribution in [0.1, 0.15) is 17.9 Å². The molecule has 2 aromatic rings. The molecule has 0 aromatic heterocycles. The molecular formula is C16H16BrClO. The van der Waals surface area contributed by atoms with Crippen LogP contribution in [0.25, 0.3) is 0 Å². The first-order valence-electron chi connectivity index (χ1n) is 6.29. The van der Waals surface area contributed by atoms with Gasteiger partial charge in [0.15, 0.2) is 0 Å². The van der Waals surface area contributed by atoms with Crippen molar-refractivity contribution < 1.29 is 4.74 Å². The molecule has 0 aliphatic heterocycles. The van der Waals surface area contributed by atoms with E-state index in [-0.39, 0.29) is 0 Å². The quantitative estimate of drug-likeness (QED) is 0.650. The van der Waals surface area contributed by atoms with Gasteiger partial charge in [-0.1, -0.05) is 63.9 Å². The molecular weight excluding hydrogens is 324 g/mol. The molecule has 0 fully saturated rings. The molecule has 0 aliphatic rings. The molecule has 1 atom stereocenters. The Labute approximate surface area is 127 Å². The van der Waals surface area contributed by atoms with Crippen LogP contribution in [-0.4, -0.2) is 11.9 Å². The topological polar surface area (TPSA) is 9.23 Å². The van der Waals surface area contributed by atoms with Crippen LogP contribution in [0.15, 0.2) is 54.6 Å². The molecule has 19 heavy (non-hydrogen) atoms. The standard InChI is InChI=1S/C16H16BrClO/c17-12-13(15-8-4-5-9-16(15)18)10-11-19-14-6-2-1-3-7-14/h1-9,13H,10-12H2. The summed E-state index contributed by atoms with van der Waals surface area (Å²) in [6.07, 6.45) is 0.934. The number of hydrogen-bond donors (Lipinski definition) is 0. The number of alkyl halides is 1. The summed E-state index contributed by atoms with van der Waals surface area (Å²) in [6.45, 7) is 0.686. The van der Waals surface area contributed by atoms with E-state index in [1.165, 1.54) is 5.56 Å². The molecule has 100 valence electrons. The van der Waals surface area contributed by atoms with Crippen LogP contribution < -0.4 is 4.74 Å². The number of hydrogen-bond acceptors (Lipinski definition) is 1. The second-order valence-electron chi connectivity index (χ2n) is 4.32. The van der Waals surface area contributed by atoms with Crippen LogP contribution in [0.2, 0.25) is 5.02 Å². The van der Waals surface area contributed by atoms with Crippen LogP contribution >= 0.6 is 27.5 Å². The maximum absolute atomic E-state index is 6.23. The minimum atomic E-state index is 0.373. The van der Waals surface area contributed by atoms with Crippen molar-refractivity contribution >= 4 is 27.5 Å².